The minimum Gasteiger partial charge on any atom is -0.493 e. The fourth-order valence-corrected chi connectivity index (χ4v) is 5.09. The number of anilines is 2. The van der Waals surface area contributed by atoms with Gasteiger partial charge in [-0.15, -0.1) is 6.42 Å². The van der Waals surface area contributed by atoms with E-state index in [9.17, 15) is 4.79 Å². The normalized spacial score (nSPS) is 17.1. The number of nitrogens with zero attached hydrogens (tertiary/aromatic N) is 3. The summed E-state index contributed by atoms with van der Waals surface area (Å²) >= 11 is 0. The molecule has 2 saturated heterocycles. The Bertz CT molecular complexity index is 1290. The molecule has 8 nitrogen and oxygen atoms in total. The molecule has 36 heavy (non-hydrogen) atoms. The van der Waals surface area contributed by atoms with Crippen LogP contribution in [0.15, 0.2) is 42.7 Å². The van der Waals surface area contributed by atoms with Crippen molar-refractivity contribution in [2.24, 2.45) is 5.41 Å². The molecule has 2 fully saturated rings. The van der Waals surface area contributed by atoms with Gasteiger partial charge in [0.05, 0.1) is 19.2 Å². The summed E-state index contributed by atoms with van der Waals surface area (Å²) in [6.07, 6.45) is 10.8. The smallest absolute Gasteiger partial charge is 0.220 e. The van der Waals surface area contributed by atoms with E-state index in [0.29, 0.717) is 30.3 Å². The van der Waals surface area contributed by atoms with Crippen LogP contribution in [0.1, 0.15) is 31.2 Å². The Labute approximate surface area is 211 Å². The summed E-state index contributed by atoms with van der Waals surface area (Å²) in [7, 11) is 1.63. The Hall–Kier alpha value is -3.83. The van der Waals surface area contributed by atoms with E-state index in [2.05, 4.69) is 31.4 Å². The molecule has 2 aliphatic heterocycles. The highest BCUT2D eigenvalue weighted by Crippen LogP contribution is 2.38. The van der Waals surface area contributed by atoms with E-state index in [4.69, 9.17) is 15.9 Å². The lowest BCUT2D eigenvalue weighted by Gasteiger charge is -2.38. The van der Waals surface area contributed by atoms with Crippen LogP contribution in [-0.2, 0) is 4.79 Å². The predicted octanol–water partition coefficient (Wildman–Crippen LogP) is 3.73. The molecule has 3 aromatic rings. The zero-order chi connectivity index (χ0) is 25.0. The van der Waals surface area contributed by atoms with Gasteiger partial charge in [0.1, 0.15) is 12.1 Å². The van der Waals surface area contributed by atoms with E-state index < -0.39 is 0 Å². The number of methoxy groups -OCH3 is 1. The van der Waals surface area contributed by atoms with Crippen LogP contribution in [0, 0.1) is 17.8 Å². The molecule has 2 N–H and O–H groups in total. The second-order valence-electron chi connectivity index (χ2n) is 9.59. The molecule has 2 aromatic carbocycles. The molecule has 186 valence electrons. The number of carbonyl (C=O) groups excluding carboxylic acids is 1. The number of nitrogens with one attached hydrogen (secondary N) is 2. The topological polar surface area (TPSA) is 88.6 Å². The van der Waals surface area contributed by atoms with Crippen molar-refractivity contribution < 1.29 is 14.3 Å². The van der Waals surface area contributed by atoms with Crippen molar-refractivity contribution in [2.75, 3.05) is 45.2 Å². The lowest BCUT2D eigenvalue weighted by molar-refractivity contribution is -0.119. The molecule has 1 aromatic heterocycles. The molecule has 1 spiro atoms. The highest BCUT2D eigenvalue weighted by atomic mass is 16.5. The van der Waals surface area contributed by atoms with Gasteiger partial charge in [-0.25, -0.2) is 9.97 Å². The Kier molecular flexibility index (Phi) is 6.92. The lowest BCUT2D eigenvalue weighted by atomic mass is 9.77. The SMILES string of the molecule is C#Cc1cccc(Nc2ncnc3cc(OC)c(OCCCN4CCC5(CC4)CNC(=O)C5)cc23)c1. The number of likely N-dealkylation sites (tertiary alicyclic amines) is 1. The van der Waals surface area contributed by atoms with Crippen LogP contribution < -0.4 is 20.1 Å². The Morgan fingerprint density at radius 3 is 2.81 bits per heavy atom. The van der Waals surface area contributed by atoms with Crippen LogP contribution in [-0.4, -0.2) is 60.7 Å². The van der Waals surface area contributed by atoms with Gasteiger partial charge in [-0.3, -0.25) is 4.79 Å². The third-order valence-corrected chi connectivity index (χ3v) is 7.20. The van der Waals surface area contributed by atoms with Crippen molar-refractivity contribution in [3.05, 3.63) is 48.3 Å². The molecule has 0 unspecified atom stereocenters. The summed E-state index contributed by atoms with van der Waals surface area (Å²) in [5.74, 6) is 4.82. The molecule has 3 heterocycles. The van der Waals surface area contributed by atoms with Gasteiger partial charge in [0.25, 0.3) is 0 Å². The summed E-state index contributed by atoms with van der Waals surface area (Å²) in [5.41, 5.74) is 2.58. The number of aromatic nitrogens is 2. The number of benzene rings is 2. The molecular formula is C28H31N5O3. The summed E-state index contributed by atoms with van der Waals surface area (Å²) in [4.78, 5) is 23.0. The highest BCUT2D eigenvalue weighted by molar-refractivity contribution is 5.93. The van der Waals surface area contributed by atoms with Gasteiger partial charge in [0.2, 0.25) is 5.91 Å². The third-order valence-electron chi connectivity index (χ3n) is 7.20. The number of rotatable bonds is 8. The van der Waals surface area contributed by atoms with Crippen molar-refractivity contribution >= 4 is 28.3 Å². The molecule has 0 radical (unpaired) electrons. The minimum atomic E-state index is 0.179. The van der Waals surface area contributed by atoms with E-state index in [1.807, 2.05) is 36.4 Å². The molecule has 0 aliphatic carbocycles. The maximum Gasteiger partial charge on any atom is 0.220 e. The third kappa shape index (κ3) is 5.21. The maximum absolute atomic E-state index is 11.6. The first-order chi connectivity index (χ1) is 17.6. The average molecular weight is 486 g/mol. The first-order valence-electron chi connectivity index (χ1n) is 12.4. The monoisotopic (exact) mass is 485 g/mol. The Morgan fingerprint density at radius 2 is 2.06 bits per heavy atom. The Morgan fingerprint density at radius 1 is 1.19 bits per heavy atom. The number of carbonyl (C=O) groups is 1. The van der Waals surface area contributed by atoms with Gasteiger partial charge in [-0.2, -0.15) is 0 Å². The largest absolute Gasteiger partial charge is 0.493 e. The summed E-state index contributed by atoms with van der Waals surface area (Å²) < 4.78 is 11.7. The fraction of sp³-hybridized carbons (Fsp3) is 0.393. The number of ether oxygens (including phenoxy) is 2. The number of fused-ring (bicyclic) bond motifs is 1. The van der Waals surface area contributed by atoms with Crippen molar-refractivity contribution in [2.45, 2.75) is 25.7 Å². The first kappa shape index (κ1) is 23.9. The van der Waals surface area contributed by atoms with Crippen LogP contribution in [0.5, 0.6) is 11.5 Å². The minimum absolute atomic E-state index is 0.179. The van der Waals surface area contributed by atoms with Crippen LogP contribution in [0.3, 0.4) is 0 Å². The van der Waals surface area contributed by atoms with Gasteiger partial charge < -0.3 is 25.0 Å². The highest BCUT2D eigenvalue weighted by Gasteiger charge is 2.40. The van der Waals surface area contributed by atoms with Crippen LogP contribution in [0.25, 0.3) is 10.9 Å². The number of hydrogen-bond donors (Lipinski definition) is 2. The second kappa shape index (κ2) is 10.4. The van der Waals surface area contributed by atoms with Gasteiger partial charge in [-0.05, 0) is 62.0 Å². The van der Waals surface area contributed by atoms with Gasteiger partial charge >= 0.3 is 0 Å². The number of piperidine rings is 1. The predicted molar refractivity (Wildman–Crippen MR) is 140 cm³/mol. The van der Waals surface area contributed by atoms with Crippen LogP contribution in [0.2, 0.25) is 0 Å². The quantitative estimate of drug-likeness (QED) is 0.371. The van der Waals surface area contributed by atoms with Gasteiger partial charge in [0.15, 0.2) is 11.5 Å². The average Bonchev–Trinajstić information content (AvgIpc) is 3.27. The van der Waals surface area contributed by atoms with E-state index in [-0.39, 0.29) is 11.3 Å². The second-order valence-corrected chi connectivity index (χ2v) is 9.59. The van der Waals surface area contributed by atoms with Crippen molar-refractivity contribution in [1.29, 1.82) is 0 Å². The maximum atomic E-state index is 11.6. The Balaban J connectivity index is 1.22. The summed E-state index contributed by atoms with van der Waals surface area (Å²) in [6.45, 7) is 4.43. The van der Waals surface area contributed by atoms with Gasteiger partial charge in [0, 0.05) is 42.2 Å². The molecular weight excluding hydrogens is 454 g/mol. The zero-order valence-electron chi connectivity index (χ0n) is 20.5. The standard InChI is InChI=1S/C28H31N5O3/c1-3-20-6-4-7-21(14-20)32-27-22-15-25(24(35-2)16-23(22)30-19-31-27)36-13-5-10-33-11-8-28(9-12-33)17-26(34)29-18-28/h1,4,6-7,14-16,19H,5,8-13,17-18H2,2H3,(H,29,34)(H,30,31,32). The fourth-order valence-electron chi connectivity index (χ4n) is 5.09. The number of hydrogen-bond acceptors (Lipinski definition) is 7. The molecule has 0 atom stereocenters. The molecule has 1 amide bonds. The van der Waals surface area contributed by atoms with Crippen LogP contribution >= 0.6 is 0 Å². The number of amides is 1. The van der Waals surface area contributed by atoms with E-state index in [1.54, 1.807) is 7.11 Å². The molecule has 5 rings (SSSR count). The summed E-state index contributed by atoms with van der Waals surface area (Å²) in [6, 6.07) is 11.4. The molecule has 8 heteroatoms. The summed E-state index contributed by atoms with van der Waals surface area (Å²) in [5, 5.41) is 7.18. The van der Waals surface area contributed by atoms with E-state index in [1.165, 1.54) is 6.33 Å². The van der Waals surface area contributed by atoms with Crippen LogP contribution in [0.4, 0.5) is 11.5 Å². The lowest BCUT2D eigenvalue weighted by Crippen LogP contribution is -2.41. The van der Waals surface area contributed by atoms with Crippen molar-refractivity contribution in [3.8, 4) is 23.8 Å². The first-order valence-corrected chi connectivity index (χ1v) is 12.4. The zero-order valence-corrected chi connectivity index (χ0v) is 20.5. The molecule has 2 aliphatic rings. The van der Waals surface area contributed by atoms with Crippen molar-refractivity contribution in [1.82, 2.24) is 20.2 Å². The van der Waals surface area contributed by atoms with Crippen molar-refractivity contribution in [3.63, 3.8) is 0 Å². The van der Waals surface area contributed by atoms with Gasteiger partial charge in [-0.1, -0.05) is 12.0 Å². The molecule has 0 bridgehead atoms. The van der Waals surface area contributed by atoms with E-state index >= 15 is 0 Å². The number of terminal acetylenes is 1. The van der Waals surface area contributed by atoms with E-state index in [0.717, 1.165) is 67.6 Å². The molecule has 0 saturated carbocycles.